The van der Waals surface area contributed by atoms with Crippen molar-refractivity contribution in [1.29, 1.82) is 0 Å². The van der Waals surface area contributed by atoms with E-state index < -0.39 is 0 Å². The Morgan fingerprint density at radius 3 is 2.44 bits per heavy atom. The summed E-state index contributed by atoms with van der Waals surface area (Å²) >= 11 is 0. The van der Waals surface area contributed by atoms with Gasteiger partial charge in [-0.1, -0.05) is 12.7 Å². The van der Waals surface area contributed by atoms with Crippen LogP contribution in [0.5, 0.6) is 0 Å². The van der Waals surface area contributed by atoms with Gasteiger partial charge in [0.25, 0.3) is 12.9 Å². The SMILES string of the molecule is C=[N+]=CC(=C)/C(C)=C/C. The Kier molecular flexibility index (Phi) is 3.41. The Balaban J connectivity index is 4.22. The average Bonchev–Trinajstić information content (AvgIpc) is 1.87. The van der Waals surface area contributed by atoms with Crippen LogP contribution in [0.25, 0.3) is 0 Å². The molecule has 0 spiro atoms. The molecular weight excluding hydrogens is 110 g/mol. The van der Waals surface area contributed by atoms with Crippen LogP contribution < -0.4 is 4.67 Å². The summed E-state index contributed by atoms with van der Waals surface area (Å²) in [6.45, 7) is 11.0. The number of nitrogens with zero attached hydrogens (tertiary/aromatic N) is 1. The fourth-order valence-corrected chi connectivity index (χ4v) is 0.397. The monoisotopic (exact) mass is 122 g/mol. The van der Waals surface area contributed by atoms with Crippen LogP contribution >= 0.6 is 0 Å². The van der Waals surface area contributed by atoms with Crippen LogP contribution in [-0.2, 0) is 0 Å². The van der Waals surface area contributed by atoms with Gasteiger partial charge < -0.3 is 0 Å². The van der Waals surface area contributed by atoms with Crippen LogP contribution in [0.3, 0.4) is 0 Å². The van der Waals surface area contributed by atoms with Crippen molar-refractivity contribution < 1.29 is 0 Å². The molecule has 0 aromatic rings. The molecule has 0 atom stereocenters. The Labute approximate surface area is 56.2 Å². The van der Waals surface area contributed by atoms with Crippen LogP contribution in [0.4, 0.5) is 0 Å². The summed E-state index contributed by atoms with van der Waals surface area (Å²) in [5, 5.41) is 0. The number of rotatable bonds is 2. The van der Waals surface area contributed by atoms with E-state index in [2.05, 4.69) is 18.0 Å². The van der Waals surface area contributed by atoms with Crippen molar-refractivity contribution in [2.45, 2.75) is 13.8 Å². The fourth-order valence-electron chi connectivity index (χ4n) is 0.397. The third-order valence-electron chi connectivity index (χ3n) is 1.19. The van der Waals surface area contributed by atoms with Crippen molar-refractivity contribution in [2.24, 2.45) is 0 Å². The van der Waals surface area contributed by atoms with Crippen LogP contribution in [0.15, 0.2) is 23.8 Å². The quantitative estimate of drug-likeness (QED) is 0.298. The zero-order valence-electron chi connectivity index (χ0n) is 6.02. The van der Waals surface area contributed by atoms with Crippen LogP contribution in [0, 0.1) is 0 Å². The molecule has 0 amide bonds. The van der Waals surface area contributed by atoms with E-state index in [-0.39, 0.29) is 0 Å². The van der Waals surface area contributed by atoms with Gasteiger partial charge in [0, 0.05) is 0 Å². The first-order valence-electron chi connectivity index (χ1n) is 2.83. The molecule has 0 N–H and O–H groups in total. The van der Waals surface area contributed by atoms with Crippen LogP contribution in [0.1, 0.15) is 13.8 Å². The van der Waals surface area contributed by atoms with Crippen LogP contribution in [0.2, 0.25) is 0 Å². The molecule has 9 heavy (non-hydrogen) atoms. The predicted octanol–water partition coefficient (Wildman–Crippen LogP) is 1.35. The summed E-state index contributed by atoms with van der Waals surface area (Å²) in [6.07, 6.45) is 3.64. The highest BCUT2D eigenvalue weighted by Crippen LogP contribution is 2.00. The van der Waals surface area contributed by atoms with Gasteiger partial charge in [0.1, 0.15) is 0 Å². The molecule has 0 rings (SSSR count). The highest BCUT2D eigenvalue weighted by Gasteiger charge is 1.93. The van der Waals surface area contributed by atoms with E-state index >= 15 is 0 Å². The van der Waals surface area contributed by atoms with E-state index in [0.29, 0.717) is 0 Å². The molecule has 0 radical (unpaired) electrons. The maximum absolute atomic E-state index is 3.76. The molecule has 0 aromatic carbocycles. The highest BCUT2D eigenvalue weighted by atomic mass is 14.5. The van der Waals surface area contributed by atoms with E-state index in [1.54, 1.807) is 6.21 Å². The van der Waals surface area contributed by atoms with E-state index in [0.717, 1.165) is 11.1 Å². The molecule has 48 valence electrons. The first-order chi connectivity index (χ1) is 4.22. The van der Waals surface area contributed by atoms with Crippen molar-refractivity contribution in [3.05, 3.63) is 23.8 Å². The summed E-state index contributed by atoms with van der Waals surface area (Å²) in [5.74, 6) is 0. The molecule has 1 nitrogen and oxygen atoms in total. The lowest BCUT2D eigenvalue weighted by Gasteiger charge is -1.88. The Hall–Kier alpha value is -1.07. The molecular formula is C8H12N+. The Morgan fingerprint density at radius 1 is 1.56 bits per heavy atom. The first-order valence-corrected chi connectivity index (χ1v) is 2.83. The topological polar surface area (TPSA) is 14.1 Å². The summed E-state index contributed by atoms with van der Waals surface area (Å²) in [4.78, 5) is 0. The number of hydrogen-bond acceptors (Lipinski definition) is 0. The van der Waals surface area contributed by atoms with Gasteiger partial charge in [0.15, 0.2) is 0 Å². The zero-order chi connectivity index (χ0) is 7.28. The van der Waals surface area contributed by atoms with Gasteiger partial charge in [0.05, 0.1) is 5.57 Å². The van der Waals surface area contributed by atoms with Crippen molar-refractivity contribution in [3.8, 4) is 0 Å². The normalized spacial score (nSPS) is 10.2. The molecule has 0 saturated heterocycles. The second-order valence-electron chi connectivity index (χ2n) is 1.81. The van der Waals surface area contributed by atoms with Gasteiger partial charge in [-0.3, -0.25) is 0 Å². The van der Waals surface area contributed by atoms with E-state index in [9.17, 15) is 0 Å². The maximum atomic E-state index is 3.76. The summed E-state index contributed by atoms with van der Waals surface area (Å²) in [5.41, 5.74) is 2.06. The molecule has 0 aliphatic rings. The van der Waals surface area contributed by atoms with Crippen molar-refractivity contribution in [1.82, 2.24) is 4.67 Å². The lowest BCUT2D eigenvalue weighted by molar-refractivity contribution is 1.44. The van der Waals surface area contributed by atoms with Crippen molar-refractivity contribution >= 4 is 12.9 Å². The van der Waals surface area contributed by atoms with Gasteiger partial charge in [-0.15, -0.1) is 4.67 Å². The number of allylic oxidation sites excluding steroid dienone is 3. The van der Waals surface area contributed by atoms with Crippen molar-refractivity contribution in [3.63, 3.8) is 0 Å². The van der Waals surface area contributed by atoms with Crippen LogP contribution in [-0.4, -0.2) is 12.9 Å². The van der Waals surface area contributed by atoms with Crippen molar-refractivity contribution in [2.75, 3.05) is 0 Å². The van der Waals surface area contributed by atoms with E-state index in [1.165, 1.54) is 0 Å². The smallest absolute Gasteiger partial charge is 0.108 e. The minimum absolute atomic E-state index is 0.924. The Bertz CT molecular complexity index is 181. The number of hydrogen-bond donors (Lipinski definition) is 0. The zero-order valence-corrected chi connectivity index (χ0v) is 6.02. The maximum Gasteiger partial charge on any atom is 0.298 e. The molecule has 0 aromatic heterocycles. The highest BCUT2D eigenvalue weighted by molar-refractivity contribution is 5.83. The Morgan fingerprint density at radius 2 is 2.11 bits per heavy atom. The lowest BCUT2D eigenvalue weighted by Crippen LogP contribution is -1.85. The molecule has 0 saturated carbocycles. The van der Waals surface area contributed by atoms with E-state index in [1.807, 2.05) is 19.9 Å². The summed E-state index contributed by atoms with van der Waals surface area (Å²) in [6, 6.07) is 0. The molecule has 0 aliphatic carbocycles. The molecule has 0 aliphatic heterocycles. The second-order valence-corrected chi connectivity index (χ2v) is 1.81. The molecule has 1 heteroatoms. The van der Waals surface area contributed by atoms with Gasteiger partial charge in [-0.25, -0.2) is 0 Å². The molecule has 0 bridgehead atoms. The van der Waals surface area contributed by atoms with Gasteiger partial charge in [0.2, 0.25) is 0 Å². The fraction of sp³-hybridized carbons (Fsp3) is 0.250. The standard InChI is InChI=1S/C8H12N/c1-5-7(2)8(3)6-9-4/h5-6H,3-4H2,1-2H3/q+1/b7-5+. The van der Waals surface area contributed by atoms with Gasteiger partial charge >= 0.3 is 0 Å². The van der Waals surface area contributed by atoms with Gasteiger partial charge in [-0.2, -0.15) is 0 Å². The molecule has 0 fully saturated rings. The molecule has 0 heterocycles. The second kappa shape index (κ2) is 3.88. The molecule has 0 unspecified atom stereocenters. The summed E-state index contributed by atoms with van der Waals surface area (Å²) in [7, 11) is 0. The average molecular weight is 122 g/mol. The summed E-state index contributed by atoms with van der Waals surface area (Å²) < 4.78 is 3.59. The first kappa shape index (κ1) is 7.93. The predicted molar refractivity (Wildman–Crippen MR) is 43.9 cm³/mol. The van der Waals surface area contributed by atoms with Gasteiger partial charge in [-0.05, 0) is 19.4 Å². The minimum atomic E-state index is 0.924. The largest absolute Gasteiger partial charge is 0.298 e. The third-order valence-corrected chi connectivity index (χ3v) is 1.19. The lowest BCUT2D eigenvalue weighted by atomic mass is 10.1. The minimum Gasteiger partial charge on any atom is -0.108 e. The van der Waals surface area contributed by atoms with E-state index in [4.69, 9.17) is 0 Å². The third kappa shape index (κ3) is 2.68.